The number of fused-ring (bicyclic) bond motifs is 1. The van der Waals surface area contributed by atoms with Crippen LogP contribution < -0.4 is 10.0 Å². The Labute approximate surface area is 115 Å². The lowest BCUT2D eigenvalue weighted by atomic mass is 10.3. The second-order valence-corrected chi connectivity index (χ2v) is 7.01. The van der Waals surface area contributed by atoms with E-state index in [1.54, 1.807) is 17.8 Å². The molecule has 0 amide bonds. The monoisotopic (exact) mass is 296 g/mol. The van der Waals surface area contributed by atoms with Gasteiger partial charge in [0.15, 0.2) is 0 Å². The zero-order chi connectivity index (χ0) is 13.5. The van der Waals surface area contributed by atoms with E-state index in [9.17, 15) is 8.42 Å². The summed E-state index contributed by atoms with van der Waals surface area (Å²) < 4.78 is 26.6. The number of thioether (sulfide) groups is 1. The van der Waals surface area contributed by atoms with Crippen LogP contribution in [0.15, 0.2) is 40.3 Å². The molecule has 2 aromatic rings. The van der Waals surface area contributed by atoms with Crippen LogP contribution in [0, 0.1) is 0 Å². The number of nitrogens with two attached hydrogens (primary N) is 1. The average molecular weight is 296 g/mol. The summed E-state index contributed by atoms with van der Waals surface area (Å²) >= 11 is 1.65. The summed E-state index contributed by atoms with van der Waals surface area (Å²) in [4.78, 5) is 0.980. The Bertz CT molecular complexity index is 711. The molecule has 0 unspecified atom stereocenters. The van der Waals surface area contributed by atoms with Gasteiger partial charge in [0.25, 0.3) is 10.0 Å². The van der Waals surface area contributed by atoms with E-state index >= 15 is 0 Å². The molecule has 0 spiro atoms. The molecular weight excluding hydrogens is 284 g/mol. The Morgan fingerprint density at radius 2 is 2.16 bits per heavy atom. The zero-order valence-corrected chi connectivity index (χ0v) is 11.5. The van der Waals surface area contributed by atoms with Crippen LogP contribution in [-0.2, 0) is 10.0 Å². The Kier molecular flexibility index (Phi) is 2.90. The molecule has 1 aliphatic heterocycles. The highest BCUT2D eigenvalue weighted by atomic mass is 32.2. The molecule has 0 fully saturated rings. The van der Waals surface area contributed by atoms with Crippen LogP contribution in [0.2, 0.25) is 0 Å². The first-order valence-electron chi connectivity index (χ1n) is 5.64. The molecule has 0 bridgehead atoms. The van der Waals surface area contributed by atoms with Crippen molar-refractivity contribution < 1.29 is 8.42 Å². The van der Waals surface area contributed by atoms with Gasteiger partial charge in [0.2, 0.25) is 0 Å². The van der Waals surface area contributed by atoms with E-state index in [1.165, 1.54) is 10.5 Å². The molecule has 3 N–H and O–H groups in total. The van der Waals surface area contributed by atoms with Gasteiger partial charge in [-0.05, 0) is 12.1 Å². The summed E-state index contributed by atoms with van der Waals surface area (Å²) in [5.41, 5.74) is 6.32. The van der Waals surface area contributed by atoms with E-state index in [4.69, 9.17) is 5.73 Å². The molecular formula is C11H12N4O2S2. The summed E-state index contributed by atoms with van der Waals surface area (Å²) in [6.07, 6.45) is 1.25. The number of rotatable bonds is 2. The predicted octanol–water partition coefficient (Wildman–Crippen LogP) is 1.29. The summed E-state index contributed by atoms with van der Waals surface area (Å²) in [6, 6.07) is 7.44. The molecule has 19 heavy (non-hydrogen) atoms. The number of sulfonamides is 1. The number of hydrogen-bond donors (Lipinski definition) is 2. The number of aromatic nitrogens is 2. The second kappa shape index (κ2) is 4.46. The minimum atomic E-state index is -3.66. The van der Waals surface area contributed by atoms with Crippen LogP contribution in [0.25, 0.3) is 0 Å². The number of nitrogens with zero attached hydrogens (tertiary/aromatic N) is 2. The largest absolute Gasteiger partial charge is 0.383 e. The van der Waals surface area contributed by atoms with Gasteiger partial charge in [0.1, 0.15) is 10.7 Å². The summed E-state index contributed by atoms with van der Waals surface area (Å²) in [5, 5.41) is 6.13. The molecule has 3 rings (SSSR count). The molecule has 100 valence electrons. The summed E-state index contributed by atoms with van der Waals surface area (Å²) in [6.45, 7) is 0.425. The van der Waals surface area contributed by atoms with E-state index < -0.39 is 10.0 Å². The molecule has 1 aromatic heterocycles. The van der Waals surface area contributed by atoms with E-state index in [1.807, 2.05) is 18.2 Å². The van der Waals surface area contributed by atoms with Crippen molar-refractivity contribution in [3.63, 3.8) is 0 Å². The highest BCUT2D eigenvalue weighted by Crippen LogP contribution is 2.37. The maximum Gasteiger partial charge on any atom is 0.269 e. The number of nitrogen functional groups attached to an aromatic ring is 1. The summed E-state index contributed by atoms with van der Waals surface area (Å²) in [5.74, 6) is 0.782. The van der Waals surface area contributed by atoms with E-state index in [2.05, 4.69) is 10.2 Å². The molecule has 2 heterocycles. The molecule has 8 heteroatoms. The Morgan fingerprint density at radius 1 is 1.37 bits per heavy atom. The zero-order valence-electron chi connectivity index (χ0n) is 9.91. The maximum atomic E-state index is 12.6. The molecule has 0 atom stereocenters. The predicted molar refractivity (Wildman–Crippen MR) is 74.7 cm³/mol. The Hall–Kier alpha value is -1.67. The fraction of sp³-hybridized carbons (Fsp3) is 0.182. The lowest BCUT2D eigenvalue weighted by Crippen LogP contribution is -2.35. The van der Waals surface area contributed by atoms with Gasteiger partial charge in [-0.3, -0.25) is 9.40 Å². The molecule has 1 aromatic carbocycles. The number of H-pyrrole nitrogens is 1. The normalized spacial score (nSPS) is 15.3. The molecule has 0 radical (unpaired) electrons. The van der Waals surface area contributed by atoms with Gasteiger partial charge in [-0.15, -0.1) is 11.8 Å². The van der Waals surface area contributed by atoms with Gasteiger partial charge in [0.05, 0.1) is 11.9 Å². The van der Waals surface area contributed by atoms with Crippen LogP contribution in [0.3, 0.4) is 0 Å². The van der Waals surface area contributed by atoms with Crippen LogP contribution in [0.1, 0.15) is 0 Å². The van der Waals surface area contributed by atoms with Gasteiger partial charge in [-0.25, -0.2) is 8.42 Å². The minimum absolute atomic E-state index is 0.0224. The van der Waals surface area contributed by atoms with Crippen molar-refractivity contribution in [2.75, 3.05) is 22.3 Å². The Balaban J connectivity index is 2.12. The van der Waals surface area contributed by atoms with Crippen molar-refractivity contribution in [3.8, 4) is 0 Å². The molecule has 6 nitrogen and oxygen atoms in total. The van der Waals surface area contributed by atoms with E-state index in [0.717, 1.165) is 4.90 Å². The number of para-hydroxylation sites is 1. The first-order chi connectivity index (χ1) is 9.10. The van der Waals surface area contributed by atoms with Crippen molar-refractivity contribution >= 4 is 33.3 Å². The van der Waals surface area contributed by atoms with Crippen molar-refractivity contribution in [1.29, 1.82) is 0 Å². The number of hydrogen-bond acceptors (Lipinski definition) is 5. The van der Waals surface area contributed by atoms with Crippen molar-refractivity contribution in [1.82, 2.24) is 10.2 Å². The van der Waals surface area contributed by atoms with Gasteiger partial charge in [-0.1, -0.05) is 12.1 Å². The highest BCUT2D eigenvalue weighted by Gasteiger charge is 2.31. The number of anilines is 2. The molecule has 0 aliphatic carbocycles. The highest BCUT2D eigenvalue weighted by molar-refractivity contribution is 8.00. The fourth-order valence-corrected chi connectivity index (χ4v) is 4.67. The first kappa shape index (κ1) is 12.4. The number of aromatic amines is 1. The quantitative estimate of drug-likeness (QED) is 0.871. The second-order valence-electron chi connectivity index (χ2n) is 4.04. The van der Waals surface area contributed by atoms with Gasteiger partial charge >= 0.3 is 0 Å². The standard InChI is InChI=1S/C11H12N4O2S2/c12-11-10(7-13-14-11)19(16,17)15-5-6-18-9-4-2-1-3-8(9)15/h1-4,7H,5-6H2,(H3,12,13,14). The van der Waals surface area contributed by atoms with E-state index in [0.29, 0.717) is 18.0 Å². The lowest BCUT2D eigenvalue weighted by Gasteiger charge is -2.29. The average Bonchev–Trinajstić information content (AvgIpc) is 2.85. The Morgan fingerprint density at radius 3 is 2.89 bits per heavy atom. The third-order valence-electron chi connectivity index (χ3n) is 2.89. The van der Waals surface area contributed by atoms with Gasteiger partial charge in [0, 0.05) is 17.2 Å². The number of benzene rings is 1. The maximum absolute atomic E-state index is 12.6. The number of nitrogens with one attached hydrogen (secondary N) is 1. The van der Waals surface area contributed by atoms with Crippen LogP contribution in [0.5, 0.6) is 0 Å². The first-order valence-corrected chi connectivity index (χ1v) is 8.06. The third-order valence-corrected chi connectivity index (χ3v) is 5.77. The van der Waals surface area contributed by atoms with Crippen LogP contribution in [-0.4, -0.2) is 30.9 Å². The van der Waals surface area contributed by atoms with Crippen LogP contribution >= 0.6 is 11.8 Å². The molecule has 1 aliphatic rings. The molecule has 0 saturated carbocycles. The minimum Gasteiger partial charge on any atom is -0.383 e. The summed E-state index contributed by atoms with van der Waals surface area (Å²) in [7, 11) is -3.66. The fourth-order valence-electron chi connectivity index (χ4n) is 2.00. The van der Waals surface area contributed by atoms with Crippen molar-refractivity contribution in [2.45, 2.75) is 9.79 Å². The lowest BCUT2D eigenvalue weighted by molar-refractivity contribution is 0.592. The smallest absolute Gasteiger partial charge is 0.269 e. The van der Waals surface area contributed by atoms with Gasteiger partial charge in [-0.2, -0.15) is 5.10 Å². The van der Waals surface area contributed by atoms with E-state index in [-0.39, 0.29) is 10.7 Å². The molecule has 0 saturated heterocycles. The SMILES string of the molecule is Nc1[nH]ncc1S(=O)(=O)N1CCSc2ccccc21. The third kappa shape index (κ3) is 1.96. The van der Waals surface area contributed by atoms with Crippen molar-refractivity contribution in [3.05, 3.63) is 30.5 Å². The van der Waals surface area contributed by atoms with Crippen molar-refractivity contribution in [2.24, 2.45) is 0 Å². The van der Waals surface area contributed by atoms with Crippen LogP contribution in [0.4, 0.5) is 11.5 Å². The topological polar surface area (TPSA) is 92.1 Å². The van der Waals surface area contributed by atoms with Gasteiger partial charge < -0.3 is 5.73 Å².